The molecule has 0 saturated heterocycles. The number of carboxylic acid groups (broad SMARTS) is 1. The van der Waals surface area contributed by atoms with Gasteiger partial charge in [0.25, 0.3) is 5.91 Å². The molecule has 0 bridgehead atoms. The Hall–Kier alpha value is -3.88. The monoisotopic (exact) mass is 577 g/mol. The molecule has 1 fully saturated rings. The first-order chi connectivity index (χ1) is 19.8. The number of nitrogens with zero attached hydrogens (tertiary/aromatic N) is 1. The smallest absolute Gasteiger partial charge is 0.334 e. The van der Waals surface area contributed by atoms with Crippen molar-refractivity contribution in [1.29, 1.82) is 0 Å². The summed E-state index contributed by atoms with van der Waals surface area (Å²) in [6, 6.07) is 22.3. The van der Waals surface area contributed by atoms with Crippen LogP contribution < -0.4 is 15.5 Å². The Morgan fingerprint density at radius 1 is 0.854 bits per heavy atom. The zero-order chi connectivity index (χ0) is 29.2. The Morgan fingerprint density at radius 3 is 2.12 bits per heavy atom. The standard InChI is InChI=1S/C32H36ClN3O5/c33-27-14-8-22(9-15-27)18-19-34-32(41)36(28-16-12-25(13-17-28)24-4-2-1-3-5-24)21-23-6-10-26(11-7-23)30(38)35-20-29(37)31(39)40/h6-17,24,29,37H,1-5,18-21H2,(H,34,41)(H,35,38)(H,39,40)/t29-/m1/s1. The maximum absolute atomic E-state index is 13.4. The number of carbonyl (C=O) groups is 3. The third-order valence-corrected chi connectivity index (χ3v) is 7.68. The van der Waals surface area contributed by atoms with E-state index in [1.165, 1.54) is 37.7 Å². The molecule has 0 heterocycles. The van der Waals surface area contributed by atoms with Crippen molar-refractivity contribution >= 4 is 35.2 Å². The fraction of sp³-hybridized carbons (Fsp3) is 0.344. The fourth-order valence-corrected chi connectivity index (χ4v) is 5.15. The van der Waals surface area contributed by atoms with Crippen LogP contribution in [0.1, 0.15) is 65.1 Å². The lowest BCUT2D eigenvalue weighted by atomic mass is 9.84. The number of hydrogen-bond acceptors (Lipinski definition) is 4. The van der Waals surface area contributed by atoms with Gasteiger partial charge in [-0.15, -0.1) is 0 Å². The first-order valence-corrected chi connectivity index (χ1v) is 14.4. The van der Waals surface area contributed by atoms with Crippen molar-refractivity contribution in [3.05, 3.63) is 100 Å². The molecular formula is C32H36ClN3O5. The third kappa shape index (κ3) is 8.80. The minimum Gasteiger partial charge on any atom is -0.479 e. The predicted molar refractivity (Wildman–Crippen MR) is 159 cm³/mol. The van der Waals surface area contributed by atoms with Gasteiger partial charge in [-0.25, -0.2) is 9.59 Å². The van der Waals surface area contributed by atoms with Crippen molar-refractivity contribution in [2.45, 2.75) is 57.1 Å². The van der Waals surface area contributed by atoms with Gasteiger partial charge in [0.1, 0.15) is 0 Å². The van der Waals surface area contributed by atoms with Gasteiger partial charge in [0.2, 0.25) is 0 Å². The predicted octanol–water partition coefficient (Wildman–Crippen LogP) is 5.52. The topological polar surface area (TPSA) is 119 Å². The van der Waals surface area contributed by atoms with Crippen molar-refractivity contribution in [2.75, 3.05) is 18.0 Å². The number of aliphatic carboxylic acids is 1. The number of halogens is 1. The lowest BCUT2D eigenvalue weighted by molar-refractivity contribution is -0.146. The number of carboxylic acids is 1. The van der Waals surface area contributed by atoms with Crippen LogP contribution in [0, 0.1) is 0 Å². The fourth-order valence-electron chi connectivity index (χ4n) is 5.03. The second-order valence-electron chi connectivity index (χ2n) is 10.4. The minimum absolute atomic E-state index is 0.228. The number of anilines is 1. The summed E-state index contributed by atoms with van der Waals surface area (Å²) in [4.78, 5) is 38.2. The van der Waals surface area contributed by atoms with E-state index in [-0.39, 0.29) is 12.6 Å². The van der Waals surface area contributed by atoms with Gasteiger partial charge >= 0.3 is 12.0 Å². The summed E-state index contributed by atoms with van der Waals surface area (Å²) in [5.41, 5.74) is 4.29. The Balaban J connectivity index is 1.45. The lowest BCUT2D eigenvalue weighted by Crippen LogP contribution is -2.40. The summed E-state index contributed by atoms with van der Waals surface area (Å²) in [5.74, 6) is -1.33. The molecule has 4 rings (SSSR count). The molecule has 1 saturated carbocycles. The van der Waals surface area contributed by atoms with E-state index >= 15 is 0 Å². The minimum atomic E-state index is -1.67. The average molecular weight is 578 g/mol. The number of hydrogen-bond donors (Lipinski definition) is 4. The van der Waals surface area contributed by atoms with Gasteiger partial charge in [0, 0.05) is 22.8 Å². The highest BCUT2D eigenvalue weighted by Crippen LogP contribution is 2.33. The summed E-state index contributed by atoms with van der Waals surface area (Å²) in [6.07, 6.45) is 5.19. The molecule has 1 aliphatic carbocycles. The number of rotatable bonds is 11. The molecule has 0 unspecified atom stereocenters. The third-order valence-electron chi connectivity index (χ3n) is 7.43. The van der Waals surface area contributed by atoms with Crippen LogP contribution in [-0.4, -0.2) is 47.3 Å². The molecule has 9 heteroatoms. The Kier molecular flexibility index (Phi) is 10.8. The number of aliphatic hydroxyl groups excluding tert-OH is 1. The van der Waals surface area contributed by atoms with Gasteiger partial charge in [-0.1, -0.05) is 67.3 Å². The molecule has 0 spiro atoms. The summed E-state index contributed by atoms with van der Waals surface area (Å²) < 4.78 is 0. The number of urea groups is 1. The van der Waals surface area contributed by atoms with E-state index in [1.807, 2.05) is 36.4 Å². The van der Waals surface area contributed by atoms with Gasteiger partial charge in [-0.3, -0.25) is 9.69 Å². The maximum atomic E-state index is 13.4. The summed E-state index contributed by atoms with van der Waals surface area (Å²) in [6.45, 7) is 0.352. The lowest BCUT2D eigenvalue weighted by Gasteiger charge is -2.26. The van der Waals surface area contributed by atoms with Gasteiger partial charge in [-0.05, 0) is 78.3 Å². The largest absolute Gasteiger partial charge is 0.479 e. The van der Waals surface area contributed by atoms with Gasteiger partial charge < -0.3 is 20.8 Å². The first-order valence-electron chi connectivity index (χ1n) is 14.0. The number of amides is 3. The Labute approximate surface area is 245 Å². The van der Waals surface area contributed by atoms with Gasteiger partial charge in [0.15, 0.2) is 6.10 Å². The van der Waals surface area contributed by atoms with Crippen molar-refractivity contribution in [1.82, 2.24) is 10.6 Å². The van der Waals surface area contributed by atoms with Crippen molar-refractivity contribution in [3.8, 4) is 0 Å². The first kappa shape index (κ1) is 30.1. The second kappa shape index (κ2) is 14.7. The van der Waals surface area contributed by atoms with E-state index in [2.05, 4.69) is 22.8 Å². The molecule has 3 aromatic carbocycles. The molecule has 3 amide bonds. The van der Waals surface area contributed by atoms with Crippen LogP contribution in [0.5, 0.6) is 0 Å². The van der Waals surface area contributed by atoms with Crippen LogP contribution in [-0.2, 0) is 17.8 Å². The van der Waals surface area contributed by atoms with Gasteiger partial charge in [0.05, 0.1) is 13.1 Å². The van der Waals surface area contributed by atoms with Crippen LogP contribution in [0.2, 0.25) is 5.02 Å². The van der Waals surface area contributed by atoms with Crippen LogP contribution in [0.4, 0.5) is 10.5 Å². The summed E-state index contributed by atoms with van der Waals surface area (Å²) in [7, 11) is 0. The van der Waals surface area contributed by atoms with Crippen molar-refractivity contribution < 1.29 is 24.6 Å². The maximum Gasteiger partial charge on any atom is 0.334 e. The number of nitrogens with one attached hydrogen (secondary N) is 2. The molecule has 1 aliphatic rings. The highest BCUT2D eigenvalue weighted by molar-refractivity contribution is 6.30. The van der Waals surface area contributed by atoms with Crippen LogP contribution in [0.25, 0.3) is 0 Å². The summed E-state index contributed by atoms with van der Waals surface area (Å²) in [5, 5.41) is 24.3. The van der Waals surface area contributed by atoms with E-state index in [0.29, 0.717) is 29.5 Å². The van der Waals surface area contributed by atoms with Crippen LogP contribution >= 0.6 is 11.6 Å². The number of carbonyl (C=O) groups excluding carboxylic acids is 2. The van der Waals surface area contributed by atoms with E-state index < -0.39 is 24.5 Å². The molecule has 0 aromatic heterocycles. The number of aliphatic hydroxyl groups is 1. The molecule has 0 aliphatic heterocycles. The highest BCUT2D eigenvalue weighted by Gasteiger charge is 2.20. The highest BCUT2D eigenvalue weighted by atomic mass is 35.5. The van der Waals surface area contributed by atoms with E-state index in [4.69, 9.17) is 16.7 Å². The van der Waals surface area contributed by atoms with Crippen molar-refractivity contribution in [2.24, 2.45) is 0 Å². The average Bonchev–Trinajstić information content (AvgIpc) is 3.00. The van der Waals surface area contributed by atoms with Crippen molar-refractivity contribution in [3.63, 3.8) is 0 Å². The zero-order valence-corrected chi connectivity index (χ0v) is 23.6. The molecule has 3 aromatic rings. The summed E-state index contributed by atoms with van der Waals surface area (Å²) >= 11 is 5.98. The molecule has 41 heavy (non-hydrogen) atoms. The van der Waals surface area contributed by atoms with Gasteiger partial charge in [-0.2, -0.15) is 0 Å². The Bertz CT molecular complexity index is 1310. The van der Waals surface area contributed by atoms with E-state index in [9.17, 15) is 19.5 Å². The molecule has 0 radical (unpaired) electrons. The molecule has 216 valence electrons. The second-order valence-corrected chi connectivity index (χ2v) is 10.8. The quantitative estimate of drug-likeness (QED) is 0.239. The zero-order valence-electron chi connectivity index (χ0n) is 22.9. The molecule has 4 N–H and O–H groups in total. The SMILES string of the molecule is O=C(NC[C@@H](O)C(=O)O)c1ccc(CN(C(=O)NCCc2ccc(Cl)cc2)c2ccc(C3CCCCC3)cc2)cc1. The van der Waals surface area contributed by atoms with Crippen LogP contribution in [0.15, 0.2) is 72.8 Å². The Morgan fingerprint density at radius 2 is 1.49 bits per heavy atom. The van der Waals surface area contributed by atoms with Crippen LogP contribution in [0.3, 0.4) is 0 Å². The molecule has 8 nitrogen and oxygen atoms in total. The van der Waals surface area contributed by atoms with E-state index in [1.54, 1.807) is 29.2 Å². The van der Waals surface area contributed by atoms with E-state index in [0.717, 1.165) is 16.8 Å². The molecular weight excluding hydrogens is 542 g/mol. The number of benzene rings is 3. The normalized spacial score (nSPS) is 14.2. The molecule has 1 atom stereocenters.